The number of aromatic amines is 1. The molecule has 160 valence electrons. The molecule has 1 saturated heterocycles. The fraction of sp³-hybridized carbons (Fsp3) is 0.250. The molecule has 0 atom stereocenters. The van der Waals surface area contributed by atoms with E-state index in [0.717, 1.165) is 43.8 Å². The van der Waals surface area contributed by atoms with Gasteiger partial charge in [-0.15, -0.1) is 0 Å². The highest BCUT2D eigenvalue weighted by Gasteiger charge is 2.22. The molecule has 32 heavy (non-hydrogen) atoms. The minimum Gasteiger partial charge on any atom is -0.353 e. The number of benzene rings is 1. The lowest BCUT2D eigenvalue weighted by Crippen LogP contribution is -2.47. The first-order valence-electron chi connectivity index (χ1n) is 10.7. The topological polar surface area (TPSA) is 93.3 Å². The first-order valence-corrected chi connectivity index (χ1v) is 10.7. The summed E-state index contributed by atoms with van der Waals surface area (Å²) in [5.41, 5.74) is 2.69. The van der Waals surface area contributed by atoms with Crippen molar-refractivity contribution >= 4 is 34.1 Å². The van der Waals surface area contributed by atoms with Crippen molar-refractivity contribution in [2.75, 3.05) is 37.6 Å². The molecule has 1 aliphatic heterocycles. The number of likely N-dealkylation sites (N-methyl/N-ethyl adjacent to an activating group) is 1. The van der Waals surface area contributed by atoms with Gasteiger partial charge in [0.2, 0.25) is 0 Å². The second-order valence-electron chi connectivity index (χ2n) is 7.78. The van der Waals surface area contributed by atoms with Crippen molar-refractivity contribution in [2.45, 2.75) is 6.92 Å². The van der Waals surface area contributed by atoms with E-state index >= 15 is 0 Å². The van der Waals surface area contributed by atoms with Crippen molar-refractivity contribution in [3.63, 3.8) is 0 Å². The summed E-state index contributed by atoms with van der Waals surface area (Å²) >= 11 is 0. The molecule has 5 rings (SSSR count). The number of fused-ring (bicyclic) bond motifs is 2. The largest absolute Gasteiger partial charge is 0.353 e. The first-order chi connectivity index (χ1) is 15.7. The van der Waals surface area contributed by atoms with Crippen LogP contribution in [-0.2, 0) is 0 Å². The molecule has 0 unspecified atom stereocenters. The van der Waals surface area contributed by atoms with Gasteiger partial charge in [-0.1, -0.05) is 25.1 Å². The summed E-state index contributed by atoms with van der Waals surface area (Å²) in [4.78, 5) is 30.5. The van der Waals surface area contributed by atoms with Crippen LogP contribution in [0.5, 0.6) is 0 Å². The monoisotopic (exact) mass is 425 g/mol. The van der Waals surface area contributed by atoms with Gasteiger partial charge >= 0.3 is 0 Å². The van der Waals surface area contributed by atoms with Crippen LogP contribution in [0.2, 0.25) is 0 Å². The van der Waals surface area contributed by atoms with E-state index in [1.54, 1.807) is 18.3 Å². The summed E-state index contributed by atoms with van der Waals surface area (Å²) in [5.74, 6) is 1.05. The van der Waals surface area contributed by atoms with E-state index in [9.17, 15) is 10.1 Å². The molecule has 0 aliphatic carbocycles. The highest BCUT2D eigenvalue weighted by molar-refractivity contribution is 5.92. The third-order valence-electron chi connectivity index (χ3n) is 5.92. The summed E-state index contributed by atoms with van der Waals surface area (Å²) in [7, 11) is 0. The van der Waals surface area contributed by atoms with Crippen LogP contribution in [0.1, 0.15) is 18.3 Å². The number of nitrogens with zero attached hydrogens (tertiary/aromatic N) is 6. The van der Waals surface area contributed by atoms with Crippen LogP contribution in [-0.4, -0.2) is 57.0 Å². The number of anilines is 1. The van der Waals surface area contributed by atoms with Crippen LogP contribution >= 0.6 is 0 Å². The Bertz CT molecular complexity index is 1380. The van der Waals surface area contributed by atoms with Crippen molar-refractivity contribution in [1.29, 1.82) is 5.26 Å². The predicted molar refractivity (Wildman–Crippen MR) is 125 cm³/mol. The fourth-order valence-electron chi connectivity index (χ4n) is 4.11. The summed E-state index contributed by atoms with van der Waals surface area (Å²) in [6, 6.07) is 15.3. The fourth-order valence-corrected chi connectivity index (χ4v) is 4.11. The SMILES string of the molecule is CCN1CCN(c2nc3ccccn3c(=O)c2/C=C(\C#N)c2nc3ccccc3[nH]2)CC1. The van der Waals surface area contributed by atoms with Crippen molar-refractivity contribution in [3.8, 4) is 6.07 Å². The number of allylic oxidation sites excluding steroid dienone is 1. The maximum Gasteiger partial charge on any atom is 0.267 e. The zero-order chi connectivity index (χ0) is 22.1. The van der Waals surface area contributed by atoms with E-state index in [2.05, 4.69) is 32.8 Å². The molecule has 0 bridgehead atoms. The molecule has 1 aliphatic rings. The molecule has 4 heterocycles. The lowest BCUT2D eigenvalue weighted by molar-refractivity contribution is 0.270. The van der Waals surface area contributed by atoms with Gasteiger partial charge in [-0.25, -0.2) is 9.97 Å². The van der Waals surface area contributed by atoms with Crippen molar-refractivity contribution in [1.82, 2.24) is 24.3 Å². The van der Waals surface area contributed by atoms with Crippen LogP contribution in [0.4, 0.5) is 5.82 Å². The molecule has 1 fully saturated rings. The Morgan fingerprint density at radius 1 is 1.12 bits per heavy atom. The predicted octanol–water partition coefficient (Wildman–Crippen LogP) is 2.78. The van der Waals surface area contributed by atoms with E-state index < -0.39 is 0 Å². The highest BCUT2D eigenvalue weighted by Crippen LogP contribution is 2.24. The average Bonchev–Trinajstić information content (AvgIpc) is 3.27. The number of imidazole rings is 1. The smallest absolute Gasteiger partial charge is 0.267 e. The number of piperazine rings is 1. The zero-order valence-corrected chi connectivity index (χ0v) is 17.8. The lowest BCUT2D eigenvalue weighted by atomic mass is 10.1. The number of hydrogen-bond acceptors (Lipinski definition) is 6. The number of H-pyrrole nitrogens is 1. The Kier molecular flexibility index (Phi) is 5.17. The second-order valence-corrected chi connectivity index (χ2v) is 7.78. The van der Waals surface area contributed by atoms with Crippen LogP contribution in [0.3, 0.4) is 0 Å². The van der Waals surface area contributed by atoms with Crippen LogP contribution in [0.15, 0.2) is 53.5 Å². The van der Waals surface area contributed by atoms with Crippen LogP contribution in [0, 0.1) is 11.3 Å². The van der Waals surface area contributed by atoms with E-state index in [1.165, 1.54) is 4.40 Å². The highest BCUT2D eigenvalue weighted by atomic mass is 16.1. The number of hydrogen-bond donors (Lipinski definition) is 1. The Morgan fingerprint density at radius 3 is 2.66 bits per heavy atom. The number of nitriles is 1. The van der Waals surface area contributed by atoms with Gasteiger partial charge < -0.3 is 14.8 Å². The van der Waals surface area contributed by atoms with E-state index in [1.807, 2.05) is 36.4 Å². The molecule has 0 spiro atoms. The number of aromatic nitrogens is 4. The van der Waals surface area contributed by atoms with Crippen molar-refractivity contribution < 1.29 is 0 Å². The Labute approximate surface area is 185 Å². The number of rotatable bonds is 4. The number of pyridine rings is 1. The first kappa shape index (κ1) is 20.0. The minimum atomic E-state index is -0.201. The molecule has 1 aromatic carbocycles. The molecule has 4 aromatic rings. The normalized spacial score (nSPS) is 15.4. The zero-order valence-electron chi connectivity index (χ0n) is 17.8. The van der Waals surface area contributed by atoms with Gasteiger partial charge in [-0.2, -0.15) is 5.26 Å². The van der Waals surface area contributed by atoms with Gasteiger partial charge in [0.25, 0.3) is 5.56 Å². The van der Waals surface area contributed by atoms with E-state index in [4.69, 9.17) is 4.98 Å². The summed E-state index contributed by atoms with van der Waals surface area (Å²) < 4.78 is 1.52. The molecule has 8 nitrogen and oxygen atoms in total. The van der Waals surface area contributed by atoms with Gasteiger partial charge in [0.05, 0.1) is 22.2 Å². The summed E-state index contributed by atoms with van der Waals surface area (Å²) in [6.07, 6.45) is 3.32. The van der Waals surface area contributed by atoms with Gasteiger partial charge in [0, 0.05) is 32.4 Å². The Hall–Kier alpha value is -3.96. The summed E-state index contributed by atoms with van der Waals surface area (Å²) in [5, 5.41) is 9.91. The van der Waals surface area contributed by atoms with Gasteiger partial charge in [-0.3, -0.25) is 9.20 Å². The third-order valence-corrected chi connectivity index (χ3v) is 5.92. The van der Waals surface area contributed by atoms with E-state index in [-0.39, 0.29) is 5.56 Å². The molecule has 3 aromatic heterocycles. The van der Waals surface area contributed by atoms with Gasteiger partial charge in [0.15, 0.2) is 0 Å². The standard InChI is InChI=1S/C24H23N7O/c1-2-29-11-13-30(14-12-29)23-18(24(32)31-10-6-5-9-21(31)28-23)15-17(16-25)22-26-19-7-3-4-8-20(19)27-22/h3-10,15H,2,11-14H2,1H3,(H,26,27)/b17-15+. The third kappa shape index (κ3) is 3.53. The molecular weight excluding hydrogens is 402 g/mol. The quantitative estimate of drug-likeness (QED) is 0.506. The second kappa shape index (κ2) is 8.29. The molecule has 1 N–H and O–H groups in total. The number of nitrogens with one attached hydrogen (secondary N) is 1. The lowest BCUT2D eigenvalue weighted by Gasteiger charge is -2.35. The minimum absolute atomic E-state index is 0.201. The van der Waals surface area contributed by atoms with Gasteiger partial charge in [-0.05, 0) is 36.9 Å². The van der Waals surface area contributed by atoms with Crippen molar-refractivity contribution in [2.24, 2.45) is 0 Å². The van der Waals surface area contributed by atoms with Gasteiger partial charge in [0.1, 0.15) is 23.4 Å². The summed E-state index contributed by atoms with van der Waals surface area (Å²) in [6.45, 7) is 6.51. The maximum absolute atomic E-state index is 13.5. The maximum atomic E-state index is 13.5. The molecule has 0 radical (unpaired) electrons. The number of para-hydroxylation sites is 2. The Balaban J connectivity index is 1.66. The molecule has 0 saturated carbocycles. The molecular formula is C24H23N7O. The van der Waals surface area contributed by atoms with Crippen LogP contribution < -0.4 is 10.5 Å². The van der Waals surface area contributed by atoms with Crippen molar-refractivity contribution in [3.05, 3.63) is 70.4 Å². The van der Waals surface area contributed by atoms with E-state index in [0.29, 0.717) is 28.4 Å². The van der Waals surface area contributed by atoms with Crippen LogP contribution in [0.25, 0.3) is 28.3 Å². The molecule has 8 heteroatoms. The molecule has 0 amide bonds. The Morgan fingerprint density at radius 2 is 1.91 bits per heavy atom. The average molecular weight is 425 g/mol.